The highest BCUT2D eigenvalue weighted by Crippen LogP contribution is 1.94. The fraction of sp³-hybridized carbons (Fsp3) is 0.529. The van der Waals surface area contributed by atoms with Crippen molar-refractivity contribution in [2.75, 3.05) is 28.2 Å². The van der Waals surface area contributed by atoms with Crippen LogP contribution in [-0.4, -0.2) is 61.3 Å². The summed E-state index contributed by atoms with van der Waals surface area (Å²) in [5, 5.41) is -0.509. The third kappa shape index (κ3) is 45.0. The van der Waals surface area contributed by atoms with Crippen LogP contribution in [0, 0.1) is 7.43 Å². The molecule has 0 aromatic rings. The molecule has 0 bridgehead atoms. The molecule has 0 aliphatic carbocycles. The largest absolute Gasteiger partial charge is 0.444 e. The normalized spacial score (nSPS) is 8.32. The van der Waals surface area contributed by atoms with E-state index in [9.17, 15) is 14.4 Å². The first-order valence-electron chi connectivity index (χ1n) is 5.98. The molecule has 1 atom stereocenters. The summed E-state index contributed by atoms with van der Waals surface area (Å²) in [4.78, 5) is 33.4. The van der Waals surface area contributed by atoms with Gasteiger partial charge in [-0.1, -0.05) is 28.0 Å². The molecule has 0 heterocycles. The Kier molecular flexibility index (Phi) is 47.8. The Morgan fingerprint density at radius 3 is 1.44 bits per heavy atom. The van der Waals surface area contributed by atoms with E-state index < -0.39 is 5.24 Å². The van der Waals surface area contributed by atoms with Crippen molar-refractivity contribution in [1.29, 1.82) is 0 Å². The molecule has 8 heteroatoms. The number of nitrogens with zero attached hydrogens (tertiary/aromatic N) is 2. The first-order valence-corrected chi connectivity index (χ1v) is 6.36. The average molecular weight is 404 g/mol. The van der Waals surface area contributed by atoms with E-state index in [0.717, 1.165) is 12.2 Å². The van der Waals surface area contributed by atoms with E-state index >= 15 is 0 Å². The molecule has 25 heavy (non-hydrogen) atoms. The number of esters is 1. The van der Waals surface area contributed by atoms with E-state index in [1.807, 2.05) is 14.1 Å². The van der Waals surface area contributed by atoms with Crippen LogP contribution in [0.1, 0.15) is 28.7 Å². The van der Waals surface area contributed by atoms with E-state index in [2.05, 4.69) is 13.2 Å². The molecule has 6 nitrogen and oxygen atoms in total. The number of carbonyl (C=O) groups is 3. The molecule has 0 N–H and O–H groups in total. The van der Waals surface area contributed by atoms with Crippen molar-refractivity contribution in [3.63, 3.8) is 0 Å². The van der Waals surface area contributed by atoms with Gasteiger partial charge in [0.2, 0.25) is 11.1 Å². The van der Waals surface area contributed by atoms with Crippen LogP contribution in [0.4, 0.5) is 0 Å². The third-order valence-electron chi connectivity index (χ3n) is 1.97. The van der Waals surface area contributed by atoms with Gasteiger partial charge >= 0.3 is 5.97 Å². The van der Waals surface area contributed by atoms with Crippen LogP contribution in [0.15, 0.2) is 25.3 Å². The van der Waals surface area contributed by atoms with Crippen molar-refractivity contribution in [2.24, 2.45) is 0 Å². The van der Waals surface area contributed by atoms with E-state index in [0.29, 0.717) is 0 Å². The molecular weight excluding hydrogens is 367 g/mol. The number of hydrogen-bond donors (Lipinski definition) is 0. The first-order chi connectivity index (χ1) is 9.49. The van der Waals surface area contributed by atoms with Gasteiger partial charge in [-0.25, -0.2) is 4.79 Å². The van der Waals surface area contributed by atoms with E-state index in [-0.39, 0.29) is 52.8 Å². The summed E-state index contributed by atoms with van der Waals surface area (Å²) >= 11 is 4.71. The predicted molar refractivity (Wildman–Crippen MR) is 112 cm³/mol. The summed E-state index contributed by atoms with van der Waals surface area (Å²) in [6.45, 7) is 9.68. The molecule has 1 unspecified atom stereocenters. The standard InChI is InChI=1S/C7H13NO2.C4H9NO.C3H3ClO.2CH4.CH3.ClH/c1-5-7(9)10-6(2)8(3)4;1-4(6)5(2)3;1-2-3(4)5;;;;/h5-6H,1H2,2-4H3;1-3H3;2H,1H2;2*1H4;1H3;1H/q;;;;;+1;. The van der Waals surface area contributed by atoms with Gasteiger partial charge in [0.25, 0.3) is 0 Å². The Hall–Kier alpha value is -1.50. The lowest BCUT2D eigenvalue weighted by molar-refractivity contribution is -0.149. The van der Waals surface area contributed by atoms with Crippen LogP contribution in [0.2, 0.25) is 0 Å². The zero-order valence-electron chi connectivity index (χ0n) is 15.0. The van der Waals surface area contributed by atoms with Crippen LogP contribution in [0.25, 0.3) is 0 Å². The van der Waals surface area contributed by atoms with Gasteiger partial charge < -0.3 is 9.64 Å². The van der Waals surface area contributed by atoms with Crippen molar-refractivity contribution in [2.45, 2.75) is 34.9 Å². The topological polar surface area (TPSA) is 66.9 Å². The third-order valence-corrected chi connectivity index (χ3v) is 2.13. The van der Waals surface area contributed by atoms with Crippen molar-refractivity contribution in [3.8, 4) is 0 Å². The Labute approximate surface area is 166 Å². The van der Waals surface area contributed by atoms with Crippen molar-refractivity contribution in [1.82, 2.24) is 9.80 Å². The maximum absolute atomic E-state index is 10.6. The highest BCUT2D eigenvalue weighted by Gasteiger charge is 2.06. The molecule has 0 saturated carbocycles. The quantitative estimate of drug-likeness (QED) is 0.234. The Bertz CT molecular complexity index is 361. The highest BCUT2D eigenvalue weighted by atomic mass is 35.5. The molecule has 0 radical (unpaired) electrons. The second-order valence-corrected chi connectivity index (χ2v) is 4.50. The molecule has 0 aliphatic rings. The van der Waals surface area contributed by atoms with Gasteiger partial charge in [0.1, 0.15) is 0 Å². The zero-order chi connectivity index (χ0) is 17.6. The molecule has 0 aliphatic heterocycles. The molecule has 0 saturated heterocycles. The lowest BCUT2D eigenvalue weighted by Crippen LogP contribution is -2.29. The molecule has 0 spiro atoms. The summed E-state index contributed by atoms with van der Waals surface area (Å²) in [6, 6.07) is 0. The number of amides is 1. The van der Waals surface area contributed by atoms with Crippen molar-refractivity contribution in [3.05, 3.63) is 32.7 Å². The van der Waals surface area contributed by atoms with E-state index in [1.165, 1.54) is 11.8 Å². The number of hydrogen-bond acceptors (Lipinski definition) is 5. The zero-order valence-corrected chi connectivity index (χ0v) is 16.5. The van der Waals surface area contributed by atoms with Crippen LogP contribution < -0.4 is 0 Å². The average Bonchev–Trinajstić information content (AvgIpc) is 2.39. The van der Waals surface area contributed by atoms with Gasteiger partial charge in [-0.15, -0.1) is 12.4 Å². The maximum Gasteiger partial charge on any atom is 0.331 e. The van der Waals surface area contributed by atoms with Crippen LogP contribution in [0.5, 0.6) is 0 Å². The molecule has 0 aromatic heterocycles. The summed E-state index contributed by atoms with van der Waals surface area (Å²) < 4.78 is 4.83. The Morgan fingerprint density at radius 1 is 1.04 bits per heavy atom. The van der Waals surface area contributed by atoms with Gasteiger partial charge in [-0.2, -0.15) is 0 Å². The Morgan fingerprint density at radius 2 is 1.32 bits per heavy atom. The smallest absolute Gasteiger partial charge is 0.331 e. The predicted octanol–water partition coefficient (Wildman–Crippen LogP) is 3.80. The lowest BCUT2D eigenvalue weighted by atomic mass is 10.6. The van der Waals surface area contributed by atoms with Gasteiger partial charge in [-0.3, -0.25) is 14.5 Å². The van der Waals surface area contributed by atoms with Gasteiger partial charge in [0, 0.05) is 34.5 Å². The number of rotatable bonds is 4. The summed E-state index contributed by atoms with van der Waals surface area (Å²) in [7, 11) is 7.12. The number of allylic oxidation sites excluding steroid dienone is 1. The van der Waals surface area contributed by atoms with Crippen molar-refractivity contribution < 1.29 is 19.1 Å². The molecule has 152 valence electrons. The molecule has 0 aromatic carbocycles. The summed E-state index contributed by atoms with van der Waals surface area (Å²) in [5.74, 6) is -0.295. The molecule has 0 fully saturated rings. The number of ether oxygens (including phenoxy) is 1. The van der Waals surface area contributed by atoms with Gasteiger partial charge in [0.15, 0.2) is 6.23 Å². The van der Waals surface area contributed by atoms with Gasteiger partial charge in [0.05, 0.1) is 0 Å². The monoisotopic (exact) mass is 403 g/mol. The molecule has 1 amide bonds. The van der Waals surface area contributed by atoms with Crippen molar-refractivity contribution >= 4 is 41.1 Å². The first kappa shape index (κ1) is 43.7. The Balaban J connectivity index is -0.0000000383. The van der Waals surface area contributed by atoms with Crippen LogP contribution in [-0.2, 0) is 19.1 Å². The number of carbonyl (C=O) groups excluding carboxylic acids is 3. The summed E-state index contributed by atoms with van der Waals surface area (Å²) in [6.07, 6.45) is 2.01. The summed E-state index contributed by atoms with van der Waals surface area (Å²) in [5.41, 5.74) is 0. The second-order valence-electron chi connectivity index (χ2n) is 4.13. The molecule has 0 rings (SSSR count). The minimum atomic E-state index is -0.509. The van der Waals surface area contributed by atoms with Crippen LogP contribution >= 0.6 is 24.0 Å². The maximum atomic E-state index is 10.6. The van der Waals surface area contributed by atoms with Gasteiger partial charge in [-0.05, 0) is 38.7 Å². The highest BCUT2D eigenvalue weighted by molar-refractivity contribution is 6.66. The van der Waals surface area contributed by atoms with E-state index in [4.69, 9.17) is 16.3 Å². The lowest BCUT2D eigenvalue weighted by Gasteiger charge is -2.18. The minimum absolute atomic E-state index is 0. The SMILES string of the molecule is C.C.C=CC(=O)Cl.C=CC(=O)OC(C)N(C)C.CC(=O)N(C)C.Cl.[CH3+]. The number of halogens is 2. The minimum Gasteiger partial charge on any atom is -0.444 e. The molecular formula is C17H37Cl2N2O4+. The van der Waals surface area contributed by atoms with E-state index in [1.54, 1.807) is 25.9 Å². The second kappa shape index (κ2) is 27.4. The van der Waals surface area contributed by atoms with Crippen LogP contribution in [0.3, 0.4) is 0 Å². The fourth-order valence-electron chi connectivity index (χ4n) is 0.322. The fourth-order valence-corrected chi connectivity index (χ4v) is 0.322.